The molecule has 0 amide bonds. The molecule has 2 aromatic rings. The molecule has 0 aliphatic heterocycles. The first-order valence-electron chi connectivity index (χ1n) is 8.69. The summed E-state index contributed by atoms with van der Waals surface area (Å²) in [6, 6.07) is 17.7. The number of rotatable bonds is 4. The van der Waals surface area contributed by atoms with Gasteiger partial charge >= 0.3 is 5.96 Å². The van der Waals surface area contributed by atoms with Gasteiger partial charge in [-0.2, -0.15) is 0 Å². The molecule has 0 spiro atoms. The minimum Gasteiger partial charge on any atom is -0.260 e. The summed E-state index contributed by atoms with van der Waals surface area (Å²) in [6.07, 6.45) is 0. The van der Waals surface area contributed by atoms with Crippen molar-refractivity contribution in [3.63, 3.8) is 0 Å². The molecule has 0 unspecified atom stereocenters. The van der Waals surface area contributed by atoms with Gasteiger partial charge in [0.25, 0.3) is 0 Å². The second kappa shape index (κ2) is 8.00. The summed E-state index contributed by atoms with van der Waals surface area (Å²) in [7, 11) is 0. The van der Waals surface area contributed by atoms with Gasteiger partial charge in [-0.05, 0) is 65.8 Å². The zero-order valence-electron chi connectivity index (χ0n) is 15.7. The van der Waals surface area contributed by atoms with E-state index in [0.29, 0.717) is 12.1 Å². The van der Waals surface area contributed by atoms with Crippen LogP contribution in [0.25, 0.3) is 0 Å². The third-order valence-electron chi connectivity index (χ3n) is 4.00. The zero-order chi connectivity index (χ0) is 17.7. The van der Waals surface area contributed by atoms with Crippen molar-refractivity contribution in [2.45, 2.75) is 53.6 Å². The van der Waals surface area contributed by atoms with Crippen LogP contribution in [0.1, 0.15) is 38.8 Å². The fourth-order valence-electron chi connectivity index (χ4n) is 2.82. The van der Waals surface area contributed by atoms with E-state index in [1.165, 1.54) is 11.1 Å². The summed E-state index contributed by atoms with van der Waals surface area (Å²) in [5.74, 6) is 1.01. The number of aryl methyl sites for hydroxylation is 2. The first kappa shape index (κ1) is 18.1. The molecule has 0 atom stereocenters. The molecule has 3 nitrogen and oxygen atoms in total. The molecular formula is C21H30N3+. The molecule has 0 aliphatic carbocycles. The maximum Gasteiger partial charge on any atom is 0.356 e. The summed E-state index contributed by atoms with van der Waals surface area (Å²) in [5, 5.41) is 7.13. The first-order valence-corrected chi connectivity index (χ1v) is 8.69. The molecule has 3 heteroatoms. The summed E-state index contributed by atoms with van der Waals surface area (Å²) < 4.78 is 2.36. The lowest BCUT2D eigenvalue weighted by atomic mass is 10.2. The monoisotopic (exact) mass is 324 g/mol. The summed E-state index contributed by atoms with van der Waals surface area (Å²) in [5.41, 5.74) is 4.69. The second-order valence-electron chi connectivity index (χ2n) is 6.93. The van der Waals surface area contributed by atoms with Crippen LogP contribution in [0.2, 0.25) is 0 Å². The minimum atomic E-state index is 0.385. The Bertz CT molecular complexity index is 621. The molecule has 0 bridgehead atoms. The minimum absolute atomic E-state index is 0.385. The van der Waals surface area contributed by atoms with Crippen LogP contribution in [0.4, 0.5) is 11.4 Å². The topological polar surface area (TPSA) is 27.1 Å². The number of benzene rings is 2. The van der Waals surface area contributed by atoms with Crippen molar-refractivity contribution in [2.24, 2.45) is 0 Å². The Morgan fingerprint density at radius 3 is 1.29 bits per heavy atom. The second-order valence-corrected chi connectivity index (χ2v) is 6.93. The van der Waals surface area contributed by atoms with Gasteiger partial charge in [-0.15, -0.1) is 0 Å². The number of anilines is 2. The Balaban J connectivity index is 2.38. The van der Waals surface area contributed by atoms with Gasteiger partial charge in [0.1, 0.15) is 0 Å². The van der Waals surface area contributed by atoms with Crippen LogP contribution in [0.5, 0.6) is 0 Å². The van der Waals surface area contributed by atoms with Crippen LogP contribution >= 0.6 is 0 Å². The normalized spacial score (nSPS) is 10.8. The average Bonchev–Trinajstić information content (AvgIpc) is 2.51. The first-order chi connectivity index (χ1) is 11.4. The van der Waals surface area contributed by atoms with Crippen LogP contribution in [0.3, 0.4) is 0 Å². The zero-order valence-corrected chi connectivity index (χ0v) is 15.7. The van der Waals surface area contributed by atoms with Crippen LogP contribution in [-0.4, -0.2) is 22.6 Å². The molecule has 0 aliphatic rings. The molecular weight excluding hydrogens is 294 g/mol. The largest absolute Gasteiger partial charge is 0.356 e. The summed E-state index contributed by atoms with van der Waals surface area (Å²) in [4.78, 5) is 0. The van der Waals surface area contributed by atoms with Crippen LogP contribution < -0.4 is 10.6 Å². The van der Waals surface area contributed by atoms with E-state index in [2.05, 4.69) is 105 Å². The van der Waals surface area contributed by atoms with E-state index >= 15 is 0 Å². The summed E-state index contributed by atoms with van der Waals surface area (Å²) in [6.45, 7) is 13.1. The molecule has 0 heterocycles. The third-order valence-corrected chi connectivity index (χ3v) is 4.00. The number of guanidine groups is 1. The van der Waals surface area contributed by atoms with Crippen molar-refractivity contribution in [3.05, 3.63) is 59.7 Å². The highest BCUT2D eigenvalue weighted by molar-refractivity contribution is 6.00. The van der Waals surface area contributed by atoms with Crippen molar-refractivity contribution in [1.82, 2.24) is 0 Å². The van der Waals surface area contributed by atoms with Crippen molar-refractivity contribution >= 4 is 17.3 Å². The SMILES string of the molecule is Cc1ccc(NC(Nc2ccc(C)cc2)=[N+](C(C)C)C(C)C)cc1. The molecule has 0 saturated carbocycles. The number of nitrogens with zero attached hydrogens (tertiary/aromatic N) is 1. The van der Waals surface area contributed by atoms with Gasteiger partial charge in [0.05, 0.1) is 23.5 Å². The molecule has 0 aromatic heterocycles. The Hall–Kier alpha value is -2.29. The van der Waals surface area contributed by atoms with Crippen molar-refractivity contribution in [2.75, 3.05) is 10.6 Å². The van der Waals surface area contributed by atoms with Gasteiger partial charge in [0.15, 0.2) is 0 Å². The van der Waals surface area contributed by atoms with E-state index < -0.39 is 0 Å². The molecule has 0 fully saturated rings. The van der Waals surface area contributed by atoms with Crippen LogP contribution in [-0.2, 0) is 0 Å². The standard InChI is InChI=1S/C21H29N3/c1-15(2)24(16(3)4)21(22-19-11-7-17(5)8-12-19)23-20-13-9-18(6)10-14-20/h7-16H,1-6H3,(H,22,23)/p+1. The number of hydrogen-bond acceptors (Lipinski definition) is 0. The molecule has 2 rings (SSSR count). The highest BCUT2D eigenvalue weighted by Crippen LogP contribution is 2.13. The lowest BCUT2D eigenvalue weighted by Crippen LogP contribution is -2.41. The highest BCUT2D eigenvalue weighted by atomic mass is 15.3. The Morgan fingerprint density at radius 2 is 1.00 bits per heavy atom. The van der Waals surface area contributed by atoms with Crippen molar-refractivity contribution in [3.8, 4) is 0 Å². The van der Waals surface area contributed by atoms with Crippen molar-refractivity contribution < 1.29 is 4.58 Å². The smallest absolute Gasteiger partial charge is 0.260 e. The van der Waals surface area contributed by atoms with Gasteiger partial charge in [0, 0.05) is 0 Å². The molecule has 0 radical (unpaired) electrons. The van der Waals surface area contributed by atoms with Gasteiger partial charge < -0.3 is 0 Å². The third kappa shape index (κ3) is 4.85. The Morgan fingerprint density at radius 1 is 0.667 bits per heavy atom. The van der Waals surface area contributed by atoms with Crippen LogP contribution in [0.15, 0.2) is 48.5 Å². The number of nitrogens with one attached hydrogen (secondary N) is 2. The predicted molar refractivity (Wildman–Crippen MR) is 105 cm³/mol. The Labute approximate surface area is 146 Å². The molecule has 2 aromatic carbocycles. The lowest BCUT2D eigenvalue weighted by molar-refractivity contribution is -0.587. The highest BCUT2D eigenvalue weighted by Gasteiger charge is 2.20. The molecule has 0 saturated heterocycles. The summed E-state index contributed by atoms with van der Waals surface area (Å²) >= 11 is 0. The van der Waals surface area contributed by atoms with E-state index in [1.807, 2.05) is 0 Å². The van der Waals surface area contributed by atoms with E-state index in [0.717, 1.165) is 17.3 Å². The van der Waals surface area contributed by atoms with E-state index in [-0.39, 0.29) is 0 Å². The maximum atomic E-state index is 3.56. The average molecular weight is 324 g/mol. The van der Waals surface area contributed by atoms with E-state index in [9.17, 15) is 0 Å². The maximum absolute atomic E-state index is 3.56. The fraction of sp³-hybridized carbons (Fsp3) is 0.381. The van der Waals surface area contributed by atoms with Crippen molar-refractivity contribution in [1.29, 1.82) is 0 Å². The van der Waals surface area contributed by atoms with E-state index in [1.54, 1.807) is 0 Å². The quantitative estimate of drug-likeness (QED) is 0.470. The van der Waals surface area contributed by atoms with Gasteiger partial charge in [-0.1, -0.05) is 35.4 Å². The fourth-order valence-corrected chi connectivity index (χ4v) is 2.82. The number of hydrogen-bond donors (Lipinski definition) is 2. The Kier molecular flexibility index (Phi) is 6.02. The van der Waals surface area contributed by atoms with Gasteiger partial charge in [-0.25, -0.2) is 10.6 Å². The van der Waals surface area contributed by atoms with Gasteiger partial charge in [-0.3, -0.25) is 4.58 Å². The lowest BCUT2D eigenvalue weighted by Gasteiger charge is -2.21. The van der Waals surface area contributed by atoms with E-state index in [4.69, 9.17) is 0 Å². The molecule has 128 valence electrons. The van der Waals surface area contributed by atoms with Gasteiger partial charge in [0.2, 0.25) is 0 Å². The van der Waals surface area contributed by atoms with Crippen LogP contribution in [0, 0.1) is 13.8 Å². The predicted octanol–water partition coefficient (Wildman–Crippen LogP) is 5.01. The molecule has 24 heavy (non-hydrogen) atoms. The molecule has 2 N–H and O–H groups in total.